The number of hydrogen-bond acceptors (Lipinski definition) is 3. The molecule has 0 unspecified atom stereocenters. The maximum atomic E-state index is 13.9. The van der Waals surface area contributed by atoms with Crippen molar-refractivity contribution in [1.82, 2.24) is 0 Å². The molecule has 2 aromatic rings. The predicted octanol–water partition coefficient (Wildman–Crippen LogP) is 4.74. The van der Waals surface area contributed by atoms with Gasteiger partial charge in [-0.1, -0.05) is 12.1 Å². The monoisotopic (exact) mass is 355 g/mol. The van der Waals surface area contributed by atoms with E-state index in [1.54, 1.807) is 12.1 Å². The minimum atomic E-state index is -0.547. The second-order valence-electron chi connectivity index (χ2n) is 7.20. The zero-order chi connectivity index (χ0) is 18.8. The van der Waals surface area contributed by atoms with Crippen LogP contribution in [0.5, 0.6) is 0 Å². The summed E-state index contributed by atoms with van der Waals surface area (Å²) in [5.41, 5.74) is 9.28. The lowest BCUT2D eigenvalue weighted by Gasteiger charge is -2.42. The molecule has 0 aromatic heterocycles. The number of amides is 1. The molecule has 3 rings (SSSR count). The Kier molecular flexibility index (Phi) is 5.16. The van der Waals surface area contributed by atoms with Crippen LogP contribution in [-0.2, 0) is 0 Å². The van der Waals surface area contributed by atoms with Crippen molar-refractivity contribution in [3.05, 3.63) is 53.3 Å². The summed E-state index contributed by atoms with van der Waals surface area (Å²) >= 11 is 0. The summed E-state index contributed by atoms with van der Waals surface area (Å²) in [6, 6.07) is 10.6. The van der Waals surface area contributed by atoms with Gasteiger partial charge in [-0.05, 0) is 69.9 Å². The Labute approximate surface area is 154 Å². The van der Waals surface area contributed by atoms with Crippen molar-refractivity contribution < 1.29 is 9.18 Å². The summed E-state index contributed by atoms with van der Waals surface area (Å²) in [5.74, 6) is -1.04. The number of benzene rings is 2. The molecule has 2 atom stereocenters. The molecular weight excluding hydrogens is 329 g/mol. The molecule has 1 heterocycles. The van der Waals surface area contributed by atoms with Crippen LogP contribution in [-0.4, -0.2) is 18.0 Å². The lowest BCUT2D eigenvalue weighted by Crippen LogP contribution is -2.44. The molecule has 5 heteroatoms. The highest BCUT2D eigenvalue weighted by molar-refractivity contribution is 6.06. The maximum Gasteiger partial charge on any atom is 0.258 e. The largest absolute Gasteiger partial charge is 0.397 e. The second kappa shape index (κ2) is 7.36. The van der Waals surface area contributed by atoms with Crippen molar-refractivity contribution in [1.29, 1.82) is 0 Å². The number of nitrogens with two attached hydrogens (primary N) is 1. The number of nitrogens with zero attached hydrogens (tertiary/aromatic N) is 1. The van der Waals surface area contributed by atoms with Crippen molar-refractivity contribution in [3.63, 3.8) is 0 Å². The number of anilines is 3. The normalized spacial score (nSPS) is 20.1. The molecule has 0 radical (unpaired) electrons. The number of rotatable bonds is 3. The molecule has 1 amide bonds. The smallest absolute Gasteiger partial charge is 0.258 e. The van der Waals surface area contributed by atoms with Gasteiger partial charge in [-0.3, -0.25) is 4.79 Å². The molecule has 4 nitrogen and oxygen atoms in total. The predicted molar refractivity (Wildman–Crippen MR) is 105 cm³/mol. The third kappa shape index (κ3) is 3.52. The van der Waals surface area contributed by atoms with Gasteiger partial charge in [0.1, 0.15) is 5.82 Å². The molecule has 1 saturated heterocycles. The first-order valence-electron chi connectivity index (χ1n) is 9.13. The number of nitrogen functional groups attached to an aromatic ring is 1. The molecule has 0 saturated carbocycles. The lowest BCUT2D eigenvalue weighted by molar-refractivity contribution is 0.102. The summed E-state index contributed by atoms with van der Waals surface area (Å²) in [6.07, 6.45) is 3.51. The van der Waals surface area contributed by atoms with Crippen molar-refractivity contribution in [2.24, 2.45) is 0 Å². The summed E-state index contributed by atoms with van der Waals surface area (Å²) in [4.78, 5) is 14.9. The maximum absolute atomic E-state index is 13.9. The minimum absolute atomic E-state index is 0.00809. The van der Waals surface area contributed by atoms with Crippen LogP contribution < -0.4 is 16.0 Å². The van der Waals surface area contributed by atoms with Gasteiger partial charge in [0.05, 0.1) is 16.9 Å². The first kappa shape index (κ1) is 18.2. The molecule has 0 aliphatic carbocycles. The highest BCUT2D eigenvalue weighted by atomic mass is 19.1. The molecule has 1 aliphatic heterocycles. The summed E-state index contributed by atoms with van der Waals surface area (Å²) in [7, 11) is 0. The lowest BCUT2D eigenvalue weighted by atomic mass is 9.95. The molecule has 0 bridgehead atoms. The molecule has 3 N–H and O–H groups in total. The van der Waals surface area contributed by atoms with Crippen molar-refractivity contribution in [2.75, 3.05) is 16.0 Å². The quantitative estimate of drug-likeness (QED) is 0.782. The Morgan fingerprint density at radius 1 is 1.19 bits per heavy atom. The average Bonchev–Trinajstić information content (AvgIpc) is 2.58. The summed E-state index contributed by atoms with van der Waals surface area (Å²) in [5, 5.41) is 2.77. The Morgan fingerprint density at radius 2 is 1.85 bits per heavy atom. The van der Waals surface area contributed by atoms with Crippen molar-refractivity contribution in [2.45, 2.75) is 52.1 Å². The highest BCUT2D eigenvalue weighted by Crippen LogP contribution is 2.36. The Bertz CT molecular complexity index is 811. The van der Waals surface area contributed by atoms with Crippen molar-refractivity contribution in [3.8, 4) is 0 Å². The zero-order valence-electron chi connectivity index (χ0n) is 15.6. The number of hydrogen-bond donors (Lipinski definition) is 2. The van der Waals surface area contributed by atoms with E-state index in [2.05, 4.69) is 24.1 Å². The van der Waals surface area contributed by atoms with Gasteiger partial charge in [0, 0.05) is 17.8 Å². The topological polar surface area (TPSA) is 58.4 Å². The Hall–Kier alpha value is -2.56. The van der Waals surface area contributed by atoms with Crippen LogP contribution in [0.2, 0.25) is 0 Å². The third-order valence-corrected chi connectivity index (χ3v) is 5.21. The van der Waals surface area contributed by atoms with Crippen LogP contribution in [0.3, 0.4) is 0 Å². The van der Waals surface area contributed by atoms with E-state index >= 15 is 0 Å². The molecule has 26 heavy (non-hydrogen) atoms. The van der Waals surface area contributed by atoms with Crippen LogP contribution in [0.4, 0.5) is 21.5 Å². The van der Waals surface area contributed by atoms with Gasteiger partial charge in [0.25, 0.3) is 5.91 Å². The molecule has 1 aliphatic rings. The molecule has 0 spiro atoms. The van der Waals surface area contributed by atoms with E-state index in [0.717, 1.165) is 24.1 Å². The summed E-state index contributed by atoms with van der Waals surface area (Å²) < 4.78 is 13.9. The zero-order valence-corrected chi connectivity index (χ0v) is 15.6. The van der Waals surface area contributed by atoms with E-state index < -0.39 is 11.7 Å². The fourth-order valence-corrected chi connectivity index (χ4v) is 3.84. The number of carbonyl (C=O) groups is 1. The van der Waals surface area contributed by atoms with Crippen molar-refractivity contribution >= 4 is 23.0 Å². The number of aryl methyl sites for hydroxylation is 1. The molecule has 2 aromatic carbocycles. The second-order valence-corrected chi connectivity index (χ2v) is 7.20. The van der Waals surface area contributed by atoms with Crippen LogP contribution in [0.1, 0.15) is 49.0 Å². The standard InChI is InChI=1S/C21H26FN3O/c1-13-11-18(23)19(24-21(26)16-9-4-5-10-17(16)22)12-20(13)25-14(2)7-6-8-15(25)3/h4-5,9-12,14-15H,6-8,23H2,1-3H3,(H,24,26)/t14-,15-/m1/s1. The van der Waals surface area contributed by atoms with Gasteiger partial charge in [-0.25, -0.2) is 4.39 Å². The Balaban J connectivity index is 1.93. The van der Waals surface area contributed by atoms with Gasteiger partial charge >= 0.3 is 0 Å². The van der Waals surface area contributed by atoms with Gasteiger partial charge < -0.3 is 16.0 Å². The fraction of sp³-hybridized carbons (Fsp3) is 0.381. The van der Waals surface area contributed by atoms with E-state index in [4.69, 9.17) is 5.73 Å². The first-order chi connectivity index (χ1) is 12.4. The number of nitrogens with one attached hydrogen (secondary N) is 1. The van der Waals surface area contributed by atoms with Gasteiger partial charge in [-0.15, -0.1) is 0 Å². The number of carbonyl (C=O) groups excluding carboxylic acids is 1. The average molecular weight is 355 g/mol. The van der Waals surface area contributed by atoms with E-state index in [1.807, 2.05) is 19.1 Å². The number of halogens is 1. The van der Waals surface area contributed by atoms with Gasteiger partial charge in [0.15, 0.2) is 0 Å². The highest BCUT2D eigenvalue weighted by Gasteiger charge is 2.26. The van der Waals surface area contributed by atoms with E-state index in [-0.39, 0.29) is 5.56 Å². The number of piperidine rings is 1. The van der Waals surface area contributed by atoms with Crippen LogP contribution in [0.25, 0.3) is 0 Å². The van der Waals surface area contributed by atoms with E-state index in [9.17, 15) is 9.18 Å². The third-order valence-electron chi connectivity index (χ3n) is 5.21. The molecule has 1 fully saturated rings. The minimum Gasteiger partial charge on any atom is -0.397 e. The van der Waals surface area contributed by atoms with Crippen LogP contribution in [0.15, 0.2) is 36.4 Å². The fourth-order valence-electron chi connectivity index (χ4n) is 3.84. The van der Waals surface area contributed by atoms with E-state index in [0.29, 0.717) is 23.5 Å². The summed E-state index contributed by atoms with van der Waals surface area (Å²) in [6.45, 7) is 6.48. The van der Waals surface area contributed by atoms with Gasteiger partial charge in [-0.2, -0.15) is 0 Å². The molecular formula is C21H26FN3O. The Morgan fingerprint density at radius 3 is 2.50 bits per heavy atom. The van der Waals surface area contributed by atoms with Crippen LogP contribution >= 0.6 is 0 Å². The van der Waals surface area contributed by atoms with Crippen LogP contribution in [0, 0.1) is 12.7 Å². The first-order valence-corrected chi connectivity index (χ1v) is 9.13. The van der Waals surface area contributed by atoms with E-state index in [1.165, 1.54) is 18.6 Å². The SMILES string of the molecule is Cc1cc(N)c(NC(=O)c2ccccc2F)cc1N1[C@H](C)CCC[C@H]1C. The molecule has 138 valence electrons. The van der Waals surface area contributed by atoms with Gasteiger partial charge in [0.2, 0.25) is 0 Å².